The van der Waals surface area contributed by atoms with Crippen molar-refractivity contribution in [3.8, 4) is 11.5 Å². The number of carbonyl (C=O) groups excluding carboxylic acids is 2. The number of anilines is 1. The first-order chi connectivity index (χ1) is 19.8. The van der Waals surface area contributed by atoms with E-state index in [4.69, 9.17) is 9.47 Å². The number of aliphatic hydroxyl groups excluding tert-OH is 4. The predicted octanol–water partition coefficient (Wildman–Crippen LogP) is 1.50. The Balaban J connectivity index is 1.36. The van der Waals surface area contributed by atoms with E-state index in [1.807, 2.05) is 13.0 Å². The van der Waals surface area contributed by atoms with Gasteiger partial charge in [-0.3, -0.25) is 9.59 Å². The first-order valence-corrected chi connectivity index (χ1v) is 14.1. The molecule has 0 aromatic heterocycles. The van der Waals surface area contributed by atoms with E-state index in [1.54, 1.807) is 6.08 Å². The third kappa shape index (κ3) is 5.01. The van der Waals surface area contributed by atoms with Gasteiger partial charge in [0, 0.05) is 11.8 Å². The first-order valence-electron chi connectivity index (χ1n) is 14.1. The number of nitrogens with one attached hydrogen (secondary N) is 1. The molecule has 42 heavy (non-hydrogen) atoms. The summed E-state index contributed by atoms with van der Waals surface area (Å²) in [7, 11) is 0. The minimum Gasteiger partial charge on any atom is -0.505 e. The lowest BCUT2D eigenvalue weighted by Crippen LogP contribution is -2.60. The van der Waals surface area contributed by atoms with Gasteiger partial charge in [0.15, 0.2) is 11.5 Å². The second-order valence-electron chi connectivity index (χ2n) is 12.2. The molecule has 228 valence electrons. The fourth-order valence-corrected chi connectivity index (χ4v) is 7.29. The van der Waals surface area contributed by atoms with Crippen LogP contribution in [-0.4, -0.2) is 85.6 Å². The van der Waals surface area contributed by atoms with Gasteiger partial charge in [-0.2, -0.15) is 0 Å². The molecular weight excluding hydrogens is 550 g/mol. The summed E-state index contributed by atoms with van der Waals surface area (Å²) in [6.07, 6.45) is -0.710. The highest BCUT2D eigenvalue weighted by Gasteiger charge is 2.58. The average Bonchev–Trinajstić information content (AvgIpc) is 2.96. The fourth-order valence-electron chi connectivity index (χ4n) is 7.29. The molecule has 3 saturated carbocycles. The number of aromatic carboxylic acids is 1. The van der Waals surface area contributed by atoms with Gasteiger partial charge in [0.1, 0.15) is 41.4 Å². The van der Waals surface area contributed by atoms with E-state index in [0.717, 1.165) is 37.8 Å². The zero-order valence-electron chi connectivity index (χ0n) is 23.2. The second-order valence-corrected chi connectivity index (χ2v) is 12.2. The molecule has 1 aliphatic heterocycles. The number of benzene rings is 1. The smallest absolute Gasteiger partial charge is 0.339 e. The highest BCUT2D eigenvalue weighted by Crippen LogP contribution is 2.64. The predicted molar refractivity (Wildman–Crippen MR) is 147 cm³/mol. The van der Waals surface area contributed by atoms with Gasteiger partial charge in [-0.05, 0) is 67.6 Å². The molecule has 4 aliphatic carbocycles. The van der Waals surface area contributed by atoms with Gasteiger partial charge in [-0.15, -0.1) is 0 Å². The van der Waals surface area contributed by atoms with Crippen molar-refractivity contribution in [2.24, 2.45) is 22.7 Å². The third-order valence-electron chi connectivity index (χ3n) is 9.80. The van der Waals surface area contributed by atoms with E-state index in [0.29, 0.717) is 5.92 Å². The number of hydrogen-bond donors (Lipinski definition) is 7. The molecule has 6 rings (SSSR count). The van der Waals surface area contributed by atoms with Crippen LogP contribution in [0.3, 0.4) is 0 Å². The Morgan fingerprint density at radius 1 is 1.19 bits per heavy atom. The Labute approximate surface area is 242 Å². The van der Waals surface area contributed by atoms with Crippen molar-refractivity contribution in [3.05, 3.63) is 42.0 Å². The maximum absolute atomic E-state index is 13.3. The van der Waals surface area contributed by atoms with E-state index in [-0.39, 0.29) is 35.7 Å². The topological polar surface area (TPSA) is 203 Å². The van der Waals surface area contributed by atoms with Crippen LogP contribution in [-0.2, 0) is 14.3 Å². The number of phenols is 1. The molecule has 4 fully saturated rings. The Kier molecular flexibility index (Phi) is 7.96. The lowest BCUT2D eigenvalue weighted by molar-refractivity contribution is -0.277. The molecule has 1 amide bonds. The molecule has 1 aromatic carbocycles. The van der Waals surface area contributed by atoms with Gasteiger partial charge in [-0.1, -0.05) is 25.2 Å². The van der Waals surface area contributed by atoms with Crippen molar-refractivity contribution >= 4 is 23.3 Å². The van der Waals surface area contributed by atoms with Crippen molar-refractivity contribution < 1.29 is 54.5 Å². The van der Waals surface area contributed by atoms with Crippen molar-refractivity contribution in [2.75, 3.05) is 11.9 Å². The van der Waals surface area contributed by atoms with Crippen LogP contribution in [0.25, 0.3) is 0 Å². The minimum absolute atomic E-state index is 0.0494. The molecule has 7 N–H and O–H groups in total. The molecule has 1 heterocycles. The van der Waals surface area contributed by atoms with Crippen LogP contribution in [0.2, 0.25) is 0 Å². The summed E-state index contributed by atoms with van der Waals surface area (Å²) in [5.41, 5.74) is -0.706. The summed E-state index contributed by atoms with van der Waals surface area (Å²) >= 11 is 0. The van der Waals surface area contributed by atoms with Crippen LogP contribution in [0.4, 0.5) is 5.69 Å². The number of ketones is 1. The van der Waals surface area contributed by atoms with Gasteiger partial charge >= 0.3 is 5.97 Å². The van der Waals surface area contributed by atoms with E-state index >= 15 is 0 Å². The molecule has 9 atom stereocenters. The van der Waals surface area contributed by atoms with Crippen LogP contribution >= 0.6 is 0 Å². The highest BCUT2D eigenvalue weighted by molar-refractivity contribution is 6.00. The zero-order chi connectivity index (χ0) is 30.6. The second kappa shape index (κ2) is 11.1. The van der Waals surface area contributed by atoms with Crippen LogP contribution in [0, 0.1) is 22.7 Å². The monoisotopic (exact) mass is 587 g/mol. The number of ether oxygens (including phenoxy) is 2. The first kappa shape index (κ1) is 30.2. The Bertz CT molecular complexity index is 1320. The molecule has 2 bridgehead atoms. The Morgan fingerprint density at radius 2 is 1.93 bits per heavy atom. The number of hydrogen-bond acceptors (Lipinski definition) is 10. The Morgan fingerprint density at radius 3 is 2.60 bits per heavy atom. The summed E-state index contributed by atoms with van der Waals surface area (Å²) in [6.45, 7) is 5.43. The van der Waals surface area contributed by atoms with Crippen LogP contribution in [0.1, 0.15) is 55.8 Å². The molecule has 0 unspecified atom stereocenters. The van der Waals surface area contributed by atoms with Crippen LogP contribution < -0.4 is 10.1 Å². The van der Waals surface area contributed by atoms with Gasteiger partial charge in [0.2, 0.25) is 12.2 Å². The van der Waals surface area contributed by atoms with E-state index < -0.39 is 71.6 Å². The minimum atomic E-state index is -1.79. The summed E-state index contributed by atoms with van der Waals surface area (Å²) < 4.78 is 11.0. The van der Waals surface area contributed by atoms with Gasteiger partial charge in [0.25, 0.3) is 0 Å². The number of carbonyl (C=O) groups is 3. The number of aliphatic hydroxyl groups is 4. The number of rotatable bonds is 8. The summed E-state index contributed by atoms with van der Waals surface area (Å²) in [5.74, 6) is -2.85. The maximum Gasteiger partial charge on any atom is 0.339 e. The number of carboxylic acid groups (broad SMARTS) is 1. The molecule has 12 heteroatoms. The molecule has 12 nitrogen and oxygen atoms in total. The Hall–Kier alpha value is -3.29. The maximum atomic E-state index is 13.3. The van der Waals surface area contributed by atoms with Gasteiger partial charge in [0.05, 0.1) is 6.61 Å². The number of allylic oxidation sites excluding steroid dienone is 3. The van der Waals surface area contributed by atoms with E-state index in [2.05, 4.69) is 11.9 Å². The number of carboxylic acids is 1. The van der Waals surface area contributed by atoms with Crippen LogP contribution in [0.5, 0.6) is 11.5 Å². The fraction of sp³-hybridized carbons (Fsp3) is 0.567. The lowest BCUT2D eigenvalue weighted by Gasteiger charge is -2.59. The third-order valence-corrected chi connectivity index (χ3v) is 9.80. The summed E-state index contributed by atoms with van der Waals surface area (Å²) in [6, 6.07) is 2.15. The average molecular weight is 588 g/mol. The normalized spacial score (nSPS) is 37.3. The molecule has 1 spiro atoms. The molecular formula is C30H37NO11. The van der Waals surface area contributed by atoms with Crippen molar-refractivity contribution in [3.63, 3.8) is 0 Å². The number of amides is 1. The van der Waals surface area contributed by atoms with E-state index in [9.17, 15) is 45.0 Å². The number of fused-ring (bicyclic) bond motifs is 2. The lowest BCUT2D eigenvalue weighted by atomic mass is 9.44. The van der Waals surface area contributed by atoms with Gasteiger partial charge in [-0.25, -0.2) is 4.79 Å². The van der Waals surface area contributed by atoms with Crippen LogP contribution in [0.15, 0.2) is 36.4 Å². The summed E-state index contributed by atoms with van der Waals surface area (Å²) in [5, 5.41) is 62.7. The quantitative estimate of drug-likeness (QED) is 0.171. The molecule has 0 radical (unpaired) electrons. The van der Waals surface area contributed by atoms with Gasteiger partial charge < -0.3 is 45.4 Å². The van der Waals surface area contributed by atoms with Crippen molar-refractivity contribution in [1.82, 2.24) is 0 Å². The number of aromatic hydroxyl groups is 1. The standard InChI is InChI=1S/C30H37NO11/c1-14-12-30-9-5-15(14)11-19(30)29(2,20(33)6-10-30)8-7-21(34)31-22-17(4-3-16(23(22)35)27(39)40)41-28-26(38)25(37)24(36)18(13-32)42-28/h3-4,6,10,15,18-19,24-26,28,32,35-38H,1,5,7-9,11-13H2,2H3,(H,31,34)(H,39,40)/t15-,18+,19-,24+,25-,26+,28+,29-,30+/m0/s1. The van der Waals surface area contributed by atoms with E-state index in [1.165, 1.54) is 5.57 Å². The molecule has 1 saturated heterocycles. The zero-order valence-corrected chi connectivity index (χ0v) is 23.2. The molecule has 5 aliphatic rings. The SMILES string of the molecule is C=C1C[C@@]23C=CC(=O)[C@@](C)(CCC(=O)Nc4c(O[C@@H]5O[C@H](CO)[C@@H](O)[C@H](O)[C@H]5O)ccc(C(=O)O)c4O)[C@@H]2C[C@@H]1CC3. The van der Waals surface area contributed by atoms with Crippen molar-refractivity contribution in [1.29, 1.82) is 0 Å². The van der Waals surface area contributed by atoms with Crippen molar-refractivity contribution in [2.45, 2.75) is 76.2 Å². The largest absolute Gasteiger partial charge is 0.505 e. The summed E-state index contributed by atoms with van der Waals surface area (Å²) in [4.78, 5) is 38.2. The molecule has 1 aromatic rings. The highest BCUT2D eigenvalue weighted by atomic mass is 16.7.